The van der Waals surface area contributed by atoms with Gasteiger partial charge in [0.15, 0.2) is 0 Å². The summed E-state index contributed by atoms with van der Waals surface area (Å²) in [5.41, 5.74) is 0.928. The van der Waals surface area contributed by atoms with Gasteiger partial charge in [-0.2, -0.15) is 0 Å². The van der Waals surface area contributed by atoms with Crippen molar-refractivity contribution < 1.29 is 13.2 Å². The lowest BCUT2D eigenvalue weighted by Gasteiger charge is -2.36. The van der Waals surface area contributed by atoms with Crippen molar-refractivity contribution in [3.05, 3.63) is 47.3 Å². The number of benzene rings is 1. The molecule has 0 unspecified atom stereocenters. The van der Waals surface area contributed by atoms with E-state index in [2.05, 4.69) is 9.62 Å². The molecule has 2 aromatic rings. The number of anilines is 1. The first-order valence-corrected chi connectivity index (χ1v) is 12.1. The molecule has 2 saturated heterocycles. The maximum absolute atomic E-state index is 12.9. The van der Waals surface area contributed by atoms with Crippen molar-refractivity contribution in [1.82, 2.24) is 9.80 Å². The summed E-state index contributed by atoms with van der Waals surface area (Å²) in [4.78, 5) is 17.4. The van der Waals surface area contributed by atoms with Gasteiger partial charge in [0, 0.05) is 30.4 Å². The lowest BCUT2D eigenvalue weighted by atomic mass is 10.0. The van der Waals surface area contributed by atoms with E-state index < -0.39 is 10.0 Å². The second-order valence-corrected chi connectivity index (χ2v) is 10.2. The summed E-state index contributed by atoms with van der Waals surface area (Å²) < 4.78 is 27.6. The molecular weight excluding hydrogens is 394 g/mol. The highest BCUT2D eigenvalue weighted by Gasteiger charge is 2.28. The van der Waals surface area contributed by atoms with Crippen molar-refractivity contribution in [2.75, 3.05) is 30.9 Å². The van der Waals surface area contributed by atoms with E-state index in [0.717, 1.165) is 37.3 Å². The summed E-state index contributed by atoms with van der Waals surface area (Å²) in [5.74, 6) is -0.0305. The average molecular weight is 420 g/mol. The molecule has 1 aromatic carbocycles. The number of hydrogen-bond acceptors (Lipinski definition) is 5. The number of nitrogens with one attached hydrogen (secondary N) is 1. The van der Waals surface area contributed by atoms with Crippen LogP contribution in [0.4, 0.5) is 5.69 Å². The topological polar surface area (TPSA) is 69.7 Å². The monoisotopic (exact) mass is 419 g/mol. The van der Waals surface area contributed by atoms with E-state index >= 15 is 0 Å². The van der Waals surface area contributed by atoms with Gasteiger partial charge in [0.25, 0.3) is 15.9 Å². The van der Waals surface area contributed by atoms with E-state index in [0.29, 0.717) is 17.3 Å². The Balaban J connectivity index is 1.41. The van der Waals surface area contributed by atoms with Gasteiger partial charge < -0.3 is 9.80 Å². The van der Waals surface area contributed by atoms with Crippen LogP contribution >= 0.6 is 11.3 Å². The summed E-state index contributed by atoms with van der Waals surface area (Å²) in [7, 11) is -3.62. The SMILES string of the molecule is O=C(c1cccc(NS(=O)(=O)c2cccs2)c1)N1CCC(N2CCCC2)CC1. The number of amides is 1. The third-order valence-corrected chi connectivity index (χ3v) is 8.31. The Kier molecular flexibility index (Phi) is 5.70. The van der Waals surface area contributed by atoms with E-state index in [1.165, 1.54) is 25.9 Å². The molecule has 0 saturated carbocycles. The Morgan fingerprint density at radius 2 is 1.79 bits per heavy atom. The van der Waals surface area contributed by atoms with Crippen LogP contribution in [0.15, 0.2) is 46.0 Å². The van der Waals surface area contributed by atoms with Crippen molar-refractivity contribution in [3.8, 4) is 0 Å². The van der Waals surface area contributed by atoms with Crippen LogP contribution in [-0.4, -0.2) is 56.3 Å². The second-order valence-electron chi connectivity index (χ2n) is 7.38. The van der Waals surface area contributed by atoms with Crippen molar-refractivity contribution in [1.29, 1.82) is 0 Å². The first kappa shape index (κ1) is 19.4. The Bertz CT molecular complexity index is 914. The molecule has 2 aliphatic heterocycles. The van der Waals surface area contributed by atoms with Crippen LogP contribution in [0.25, 0.3) is 0 Å². The number of rotatable bonds is 5. The lowest BCUT2D eigenvalue weighted by molar-refractivity contribution is 0.0644. The molecule has 0 bridgehead atoms. The van der Waals surface area contributed by atoms with Crippen molar-refractivity contribution in [2.24, 2.45) is 0 Å². The van der Waals surface area contributed by atoms with E-state index in [9.17, 15) is 13.2 Å². The smallest absolute Gasteiger partial charge is 0.271 e. The van der Waals surface area contributed by atoms with Gasteiger partial charge in [0.05, 0.1) is 0 Å². The highest BCUT2D eigenvalue weighted by molar-refractivity contribution is 7.94. The van der Waals surface area contributed by atoms with Gasteiger partial charge in [-0.1, -0.05) is 12.1 Å². The van der Waals surface area contributed by atoms with Gasteiger partial charge in [-0.3, -0.25) is 9.52 Å². The minimum atomic E-state index is -3.62. The zero-order valence-corrected chi connectivity index (χ0v) is 17.3. The van der Waals surface area contributed by atoms with Crippen LogP contribution in [0, 0.1) is 0 Å². The maximum Gasteiger partial charge on any atom is 0.271 e. The molecule has 6 nitrogen and oxygen atoms in total. The Labute approximate surface area is 170 Å². The predicted octanol–water partition coefficient (Wildman–Crippen LogP) is 3.25. The summed E-state index contributed by atoms with van der Waals surface area (Å²) in [6.07, 6.45) is 4.59. The van der Waals surface area contributed by atoms with Crippen LogP contribution in [-0.2, 0) is 10.0 Å². The molecule has 0 aliphatic carbocycles. The number of nitrogens with zero attached hydrogens (tertiary/aromatic N) is 2. The fourth-order valence-corrected chi connectivity index (χ4v) is 6.10. The highest BCUT2D eigenvalue weighted by atomic mass is 32.2. The van der Waals surface area contributed by atoms with Gasteiger partial charge in [0.2, 0.25) is 0 Å². The minimum Gasteiger partial charge on any atom is -0.339 e. The molecule has 1 N–H and O–H groups in total. The van der Waals surface area contributed by atoms with Crippen LogP contribution in [0.5, 0.6) is 0 Å². The van der Waals surface area contributed by atoms with Gasteiger partial charge in [-0.15, -0.1) is 11.3 Å². The standard InChI is InChI=1S/C20H25N3O3S2/c24-20(23-12-8-18(9-13-23)22-10-1-2-11-22)16-5-3-6-17(15-16)21-28(25,26)19-7-4-14-27-19/h3-7,14-15,18,21H,1-2,8-13H2. The van der Waals surface area contributed by atoms with E-state index in [4.69, 9.17) is 0 Å². The molecule has 3 heterocycles. The van der Waals surface area contributed by atoms with Crippen molar-refractivity contribution in [2.45, 2.75) is 35.9 Å². The Morgan fingerprint density at radius 1 is 1.04 bits per heavy atom. The number of piperidine rings is 1. The van der Waals surface area contributed by atoms with Crippen molar-refractivity contribution >= 4 is 33.0 Å². The molecule has 150 valence electrons. The number of hydrogen-bond donors (Lipinski definition) is 1. The lowest BCUT2D eigenvalue weighted by Crippen LogP contribution is -2.45. The largest absolute Gasteiger partial charge is 0.339 e. The molecular formula is C20H25N3O3S2. The fourth-order valence-electron chi connectivity index (χ4n) is 4.06. The third kappa shape index (κ3) is 4.24. The molecule has 2 aliphatic rings. The fraction of sp³-hybridized carbons (Fsp3) is 0.450. The number of carbonyl (C=O) groups is 1. The molecule has 0 radical (unpaired) electrons. The number of sulfonamides is 1. The summed E-state index contributed by atoms with van der Waals surface area (Å²) in [6.45, 7) is 3.88. The van der Waals surface area contributed by atoms with E-state index in [1.54, 1.807) is 41.8 Å². The van der Waals surface area contributed by atoms with Crippen LogP contribution < -0.4 is 4.72 Å². The molecule has 2 fully saturated rings. The molecule has 1 aromatic heterocycles. The predicted molar refractivity (Wildman–Crippen MR) is 111 cm³/mol. The van der Waals surface area contributed by atoms with Gasteiger partial charge in [-0.05, 0) is 68.4 Å². The number of likely N-dealkylation sites (tertiary alicyclic amines) is 2. The Morgan fingerprint density at radius 3 is 2.46 bits per heavy atom. The van der Waals surface area contributed by atoms with Gasteiger partial charge >= 0.3 is 0 Å². The van der Waals surface area contributed by atoms with E-state index in [-0.39, 0.29) is 10.1 Å². The first-order valence-electron chi connectivity index (χ1n) is 9.73. The summed E-state index contributed by atoms with van der Waals surface area (Å²) in [6, 6.07) is 10.6. The van der Waals surface area contributed by atoms with Crippen LogP contribution in [0.1, 0.15) is 36.0 Å². The summed E-state index contributed by atoms with van der Waals surface area (Å²) in [5, 5.41) is 1.72. The quantitative estimate of drug-likeness (QED) is 0.808. The zero-order valence-electron chi connectivity index (χ0n) is 15.7. The molecule has 0 spiro atoms. The van der Waals surface area contributed by atoms with Crippen LogP contribution in [0.3, 0.4) is 0 Å². The first-order chi connectivity index (χ1) is 13.5. The maximum atomic E-state index is 12.9. The molecule has 4 rings (SSSR count). The zero-order chi connectivity index (χ0) is 19.6. The molecule has 8 heteroatoms. The molecule has 0 atom stereocenters. The number of carbonyl (C=O) groups excluding carboxylic acids is 1. The molecule has 28 heavy (non-hydrogen) atoms. The van der Waals surface area contributed by atoms with Gasteiger partial charge in [-0.25, -0.2) is 8.42 Å². The average Bonchev–Trinajstić information content (AvgIpc) is 3.41. The summed E-state index contributed by atoms with van der Waals surface area (Å²) >= 11 is 1.16. The Hall–Kier alpha value is -1.90. The van der Waals surface area contributed by atoms with Crippen LogP contribution in [0.2, 0.25) is 0 Å². The third-order valence-electron chi connectivity index (χ3n) is 5.53. The minimum absolute atomic E-state index is 0.0305. The highest BCUT2D eigenvalue weighted by Crippen LogP contribution is 2.24. The normalized spacial score (nSPS) is 19.1. The molecule has 1 amide bonds. The van der Waals surface area contributed by atoms with Crippen molar-refractivity contribution in [3.63, 3.8) is 0 Å². The number of thiophene rings is 1. The van der Waals surface area contributed by atoms with E-state index in [1.807, 2.05) is 4.90 Å². The van der Waals surface area contributed by atoms with Gasteiger partial charge in [0.1, 0.15) is 4.21 Å². The second kappa shape index (κ2) is 8.23.